The number of anilines is 1. The summed E-state index contributed by atoms with van der Waals surface area (Å²) in [6.07, 6.45) is 7.27. The molecule has 1 aliphatic carbocycles. The fourth-order valence-corrected chi connectivity index (χ4v) is 2.74. The molecule has 0 bridgehead atoms. The maximum atomic E-state index is 6.25. The SMILES string of the molecule is ClC1CCCC1CNc1ccn2nccc2n1. The zero-order valence-corrected chi connectivity index (χ0v) is 10.3. The number of aromatic nitrogens is 3. The molecule has 0 amide bonds. The van der Waals surface area contributed by atoms with E-state index in [1.165, 1.54) is 12.8 Å². The van der Waals surface area contributed by atoms with Gasteiger partial charge in [-0.25, -0.2) is 9.50 Å². The van der Waals surface area contributed by atoms with Crippen molar-refractivity contribution in [1.29, 1.82) is 0 Å². The topological polar surface area (TPSA) is 42.2 Å². The molecule has 1 fully saturated rings. The molecule has 0 aromatic carbocycles. The van der Waals surface area contributed by atoms with Gasteiger partial charge >= 0.3 is 0 Å². The normalized spacial score (nSPS) is 24.3. The van der Waals surface area contributed by atoms with Gasteiger partial charge in [0.2, 0.25) is 0 Å². The quantitative estimate of drug-likeness (QED) is 0.852. The van der Waals surface area contributed by atoms with Gasteiger partial charge in [-0.1, -0.05) is 6.42 Å². The van der Waals surface area contributed by atoms with E-state index in [9.17, 15) is 0 Å². The summed E-state index contributed by atoms with van der Waals surface area (Å²) in [5.41, 5.74) is 0.865. The average Bonchev–Trinajstić information content (AvgIpc) is 2.94. The molecule has 2 aromatic heterocycles. The molecule has 2 aromatic rings. The molecule has 1 aliphatic rings. The molecular weight excluding hydrogens is 236 g/mol. The van der Waals surface area contributed by atoms with Gasteiger partial charge in [-0.3, -0.25) is 0 Å². The van der Waals surface area contributed by atoms with Gasteiger partial charge < -0.3 is 5.32 Å². The lowest BCUT2D eigenvalue weighted by Gasteiger charge is -2.14. The average molecular weight is 251 g/mol. The van der Waals surface area contributed by atoms with Gasteiger partial charge in [0, 0.05) is 24.2 Å². The summed E-state index contributed by atoms with van der Waals surface area (Å²) in [6, 6.07) is 3.84. The van der Waals surface area contributed by atoms with E-state index in [1.807, 2.05) is 18.3 Å². The highest BCUT2D eigenvalue weighted by molar-refractivity contribution is 6.20. The van der Waals surface area contributed by atoms with Gasteiger partial charge in [-0.2, -0.15) is 5.10 Å². The maximum absolute atomic E-state index is 6.25. The van der Waals surface area contributed by atoms with Gasteiger partial charge in [0.25, 0.3) is 0 Å². The minimum Gasteiger partial charge on any atom is -0.370 e. The molecule has 90 valence electrons. The Bertz CT molecular complexity index is 510. The van der Waals surface area contributed by atoms with Crippen LogP contribution in [-0.4, -0.2) is 26.5 Å². The number of nitrogens with zero attached hydrogens (tertiary/aromatic N) is 3. The van der Waals surface area contributed by atoms with Crippen molar-refractivity contribution in [2.45, 2.75) is 24.6 Å². The van der Waals surface area contributed by atoms with Crippen LogP contribution < -0.4 is 5.32 Å². The summed E-state index contributed by atoms with van der Waals surface area (Å²) in [6.45, 7) is 0.908. The fourth-order valence-electron chi connectivity index (χ4n) is 2.37. The predicted octanol–water partition coefficient (Wildman–Crippen LogP) is 2.55. The van der Waals surface area contributed by atoms with Crippen LogP contribution in [0.3, 0.4) is 0 Å². The first-order valence-corrected chi connectivity index (χ1v) is 6.45. The van der Waals surface area contributed by atoms with Crippen molar-refractivity contribution in [3.8, 4) is 0 Å². The van der Waals surface area contributed by atoms with Crippen molar-refractivity contribution >= 4 is 23.1 Å². The Morgan fingerprint density at radius 1 is 1.41 bits per heavy atom. The third-order valence-electron chi connectivity index (χ3n) is 3.37. The number of halogens is 1. The minimum absolute atomic E-state index is 0.321. The number of hydrogen-bond acceptors (Lipinski definition) is 3. The van der Waals surface area contributed by atoms with E-state index in [0.29, 0.717) is 11.3 Å². The summed E-state index contributed by atoms with van der Waals surface area (Å²) in [7, 11) is 0. The van der Waals surface area contributed by atoms with Crippen molar-refractivity contribution in [2.75, 3.05) is 11.9 Å². The molecule has 2 unspecified atom stereocenters. The number of hydrogen-bond donors (Lipinski definition) is 1. The van der Waals surface area contributed by atoms with Crippen LogP contribution in [0.4, 0.5) is 5.82 Å². The van der Waals surface area contributed by atoms with Gasteiger partial charge in [0.1, 0.15) is 5.82 Å². The third kappa shape index (κ3) is 2.22. The molecular formula is C12H15ClN4. The van der Waals surface area contributed by atoms with Crippen molar-refractivity contribution in [1.82, 2.24) is 14.6 Å². The van der Waals surface area contributed by atoms with Gasteiger partial charge in [-0.15, -0.1) is 11.6 Å². The van der Waals surface area contributed by atoms with E-state index < -0.39 is 0 Å². The second-order valence-electron chi connectivity index (χ2n) is 4.53. The van der Waals surface area contributed by atoms with Crippen LogP contribution in [-0.2, 0) is 0 Å². The Morgan fingerprint density at radius 3 is 3.18 bits per heavy atom. The first-order valence-electron chi connectivity index (χ1n) is 6.01. The molecule has 4 nitrogen and oxygen atoms in total. The second kappa shape index (κ2) is 4.53. The van der Waals surface area contributed by atoms with E-state index >= 15 is 0 Å². The van der Waals surface area contributed by atoms with Gasteiger partial charge in [0.15, 0.2) is 5.65 Å². The van der Waals surface area contributed by atoms with Crippen LogP contribution in [0.2, 0.25) is 0 Å². The summed E-state index contributed by atoms with van der Waals surface area (Å²) in [5, 5.41) is 7.80. The molecule has 0 saturated heterocycles. The zero-order valence-electron chi connectivity index (χ0n) is 9.51. The molecule has 0 aliphatic heterocycles. The van der Waals surface area contributed by atoms with E-state index in [0.717, 1.165) is 24.4 Å². The number of rotatable bonds is 3. The number of alkyl halides is 1. The van der Waals surface area contributed by atoms with Crippen molar-refractivity contribution in [2.24, 2.45) is 5.92 Å². The Morgan fingerprint density at radius 2 is 2.35 bits per heavy atom. The summed E-state index contributed by atoms with van der Waals surface area (Å²) < 4.78 is 1.76. The van der Waals surface area contributed by atoms with Crippen molar-refractivity contribution < 1.29 is 0 Å². The van der Waals surface area contributed by atoms with Crippen LogP contribution in [0.25, 0.3) is 5.65 Å². The maximum Gasteiger partial charge on any atom is 0.157 e. The third-order valence-corrected chi connectivity index (χ3v) is 3.94. The number of nitrogens with one attached hydrogen (secondary N) is 1. The Labute approximate surface area is 105 Å². The first-order chi connectivity index (χ1) is 8.33. The van der Waals surface area contributed by atoms with E-state index in [4.69, 9.17) is 11.6 Å². The van der Waals surface area contributed by atoms with E-state index in [-0.39, 0.29) is 0 Å². The molecule has 1 saturated carbocycles. The summed E-state index contributed by atoms with van der Waals surface area (Å²) in [5.74, 6) is 1.47. The lowest BCUT2D eigenvalue weighted by molar-refractivity contribution is 0.585. The molecule has 5 heteroatoms. The molecule has 2 atom stereocenters. The minimum atomic E-state index is 0.321. The van der Waals surface area contributed by atoms with Crippen LogP contribution >= 0.6 is 11.6 Å². The largest absolute Gasteiger partial charge is 0.370 e. The van der Waals surface area contributed by atoms with E-state index in [2.05, 4.69) is 15.4 Å². The summed E-state index contributed by atoms with van der Waals surface area (Å²) >= 11 is 6.25. The van der Waals surface area contributed by atoms with Crippen molar-refractivity contribution in [3.05, 3.63) is 24.5 Å². The molecule has 3 rings (SSSR count). The van der Waals surface area contributed by atoms with Crippen LogP contribution in [0.5, 0.6) is 0 Å². The lowest BCUT2D eigenvalue weighted by Crippen LogP contribution is -2.18. The fraction of sp³-hybridized carbons (Fsp3) is 0.500. The number of fused-ring (bicyclic) bond motifs is 1. The Balaban J connectivity index is 1.67. The molecule has 1 N–H and O–H groups in total. The van der Waals surface area contributed by atoms with Gasteiger partial charge in [-0.05, 0) is 24.8 Å². The van der Waals surface area contributed by atoms with Gasteiger partial charge in [0.05, 0.1) is 6.20 Å². The summed E-state index contributed by atoms with van der Waals surface area (Å²) in [4.78, 5) is 4.47. The zero-order chi connectivity index (χ0) is 11.7. The molecule has 0 radical (unpaired) electrons. The predicted molar refractivity (Wildman–Crippen MR) is 68.5 cm³/mol. The lowest BCUT2D eigenvalue weighted by atomic mass is 10.1. The smallest absolute Gasteiger partial charge is 0.157 e. The standard InChI is InChI=1S/C12H15ClN4/c13-10-3-1-2-9(10)8-14-11-5-7-17-12(16-11)4-6-15-17/h4-7,9-10H,1-3,8H2,(H,14,16). The van der Waals surface area contributed by atoms with Crippen LogP contribution in [0.15, 0.2) is 24.5 Å². The highest BCUT2D eigenvalue weighted by atomic mass is 35.5. The van der Waals surface area contributed by atoms with Crippen LogP contribution in [0, 0.1) is 5.92 Å². The van der Waals surface area contributed by atoms with Crippen LogP contribution in [0.1, 0.15) is 19.3 Å². The molecule has 2 heterocycles. The highest BCUT2D eigenvalue weighted by Gasteiger charge is 2.24. The second-order valence-corrected chi connectivity index (χ2v) is 5.10. The highest BCUT2D eigenvalue weighted by Crippen LogP contribution is 2.30. The molecule has 0 spiro atoms. The first kappa shape index (κ1) is 10.8. The Kier molecular flexibility index (Phi) is 2.89. The Hall–Kier alpha value is -1.29. The monoisotopic (exact) mass is 250 g/mol. The molecule has 17 heavy (non-hydrogen) atoms. The van der Waals surface area contributed by atoms with E-state index in [1.54, 1.807) is 10.7 Å². The van der Waals surface area contributed by atoms with Crippen molar-refractivity contribution in [3.63, 3.8) is 0 Å².